The fourth-order valence-electron chi connectivity index (χ4n) is 2.74. The number of nitrogens with zero attached hydrogens (tertiary/aromatic N) is 4. The smallest absolute Gasteiger partial charge is 0.191 e. The zero-order valence-corrected chi connectivity index (χ0v) is 18.7. The summed E-state index contributed by atoms with van der Waals surface area (Å²) in [7, 11) is 5.97. The molecule has 0 saturated carbocycles. The molecule has 7 heteroatoms. The molecule has 0 amide bonds. The van der Waals surface area contributed by atoms with Crippen molar-refractivity contribution >= 4 is 29.9 Å². The molecule has 0 atom stereocenters. The lowest BCUT2D eigenvalue weighted by molar-refractivity contribution is 0.399. The first-order valence-corrected chi connectivity index (χ1v) is 8.72. The van der Waals surface area contributed by atoms with Gasteiger partial charge in [-0.25, -0.2) is 4.68 Å². The first-order valence-electron chi connectivity index (χ1n) is 8.72. The van der Waals surface area contributed by atoms with Gasteiger partial charge in [-0.3, -0.25) is 4.99 Å². The number of rotatable bonds is 7. The molecule has 0 saturated heterocycles. The van der Waals surface area contributed by atoms with Crippen LogP contribution in [0.1, 0.15) is 23.4 Å². The molecular formula is C19H31IN6. The Hall–Kier alpha value is -1.61. The maximum absolute atomic E-state index is 4.60. The third kappa shape index (κ3) is 6.60. The predicted octanol–water partition coefficient (Wildman–Crippen LogP) is 2.72. The molecule has 6 nitrogen and oxygen atoms in total. The van der Waals surface area contributed by atoms with Crippen molar-refractivity contribution in [3.05, 3.63) is 47.3 Å². The second-order valence-corrected chi connectivity index (χ2v) is 6.48. The van der Waals surface area contributed by atoms with E-state index >= 15 is 0 Å². The number of hydrogen-bond acceptors (Lipinski definition) is 3. The highest BCUT2D eigenvalue weighted by atomic mass is 127. The monoisotopic (exact) mass is 470 g/mol. The molecule has 144 valence electrons. The van der Waals surface area contributed by atoms with Gasteiger partial charge in [0.15, 0.2) is 5.96 Å². The number of nitrogens with one attached hydrogen (secondary N) is 2. The van der Waals surface area contributed by atoms with Gasteiger partial charge in [0.1, 0.15) is 0 Å². The molecule has 0 unspecified atom stereocenters. The van der Waals surface area contributed by atoms with Crippen LogP contribution >= 0.6 is 24.0 Å². The van der Waals surface area contributed by atoms with Crippen LogP contribution in [-0.2, 0) is 6.54 Å². The van der Waals surface area contributed by atoms with E-state index in [4.69, 9.17) is 0 Å². The third-order valence-electron chi connectivity index (χ3n) is 3.97. The van der Waals surface area contributed by atoms with Crippen molar-refractivity contribution in [3.8, 4) is 5.69 Å². The van der Waals surface area contributed by atoms with Crippen molar-refractivity contribution in [2.45, 2.75) is 26.8 Å². The van der Waals surface area contributed by atoms with E-state index in [9.17, 15) is 0 Å². The molecule has 0 spiro atoms. The van der Waals surface area contributed by atoms with Crippen molar-refractivity contribution in [3.63, 3.8) is 0 Å². The van der Waals surface area contributed by atoms with E-state index in [0.717, 1.165) is 42.5 Å². The van der Waals surface area contributed by atoms with Crippen LogP contribution in [0.25, 0.3) is 5.69 Å². The number of benzene rings is 1. The van der Waals surface area contributed by atoms with E-state index in [0.29, 0.717) is 6.54 Å². The minimum absolute atomic E-state index is 0. The van der Waals surface area contributed by atoms with Crippen molar-refractivity contribution in [2.24, 2.45) is 4.99 Å². The van der Waals surface area contributed by atoms with Gasteiger partial charge >= 0.3 is 0 Å². The third-order valence-corrected chi connectivity index (χ3v) is 3.97. The van der Waals surface area contributed by atoms with Crippen molar-refractivity contribution in [1.82, 2.24) is 25.3 Å². The standard InChI is InChI=1S/C19H30N6.HI/c1-15-13-16(2)25(23-15)18-10-7-6-9-17(18)14-22-19(20-3)21-11-8-12-24(4)5;/h6-7,9-10,13H,8,11-12,14H2,1-5H3,(H2,20,21,22);1H. The lowest BCUT2D eigenvalue weighted by Crippen LogP contribution is -2.38. The molecule has 2 N–H and O–H groups in total. The van der Waals surface area contributed by atoms with Crippen LogP contribution in [0, 0.1) is 13.8 Å². The first kappa shape index (κ1) is 22.4. The Kier molecular flexibility index (Phi) is 9.64. The SMILES string of the molecule is CN=C(NCCCN(C)C)NCc1ccccc1-n1nc(C)cc1C.I. The van der Waals surface area contributed by atoms with Gasteiger partial charge in [-0.2, -0.15) is 5.10 Å². The molecule has 1 aromatic heterocycles. The molecule has 0 bridgehead atoms. The van der Waals surface area contributed by atoms with Crippen LogP contribution in [0.4, 0.5) is 0 Å². The maximum atomic E-state index is 4.60. The number of guanidine groups is 1. The number of halogens is 1. The fourth-order valence-corrected chi connectivity index (χ4v) is 2.74. The summed E-state index contributed by atoms with van der Waals surface area (Å²) >= 11 is 0. The van der Waals surface area contributed by atoms with Gasteiger partial charge in [0.05, 0.1) is 11.4 Å². The van der Waals surface area contributed by atoms with E-state index in [-0.39, 0.29) is 24.0 Å². The molecule has 0 radical (unpaired) electrons. The summed E-state index contributed by atoms with van der Waals surface area (Å²) in [4.78, 5) is 6.49. The first-order chi connectivity index (χ1) is 12.0. The van der Waals surface area contributed by atoms with Gasteiger partial charge in [-0.05, 0) is 58.6 Å². The van der Waals surface area contributed by atoms with Crippen LogP contribution in [0.3, 0.4) is 0 Å². The van der Waals surface area contributed by atoms with Crippen LogP contribution < -0.4 is 10.6 Å². The summed E-state index contributed by atoms with van der Waals surface area (Å²) in [6.45, 7) is 6.75. The topological polar surface area (TPSA) is 57.5 Å². The molecule has 0 fully saturated rings. The Bertz CT molecular complexity index is 708. The Morgan fingerprint density at radius 2 is 1.92 bits per heavy atom. The normalized spacial score (nSPS) is 11.4. The molecule has 0 aliphatic rings. The minimum atomic E-state index is 0. The van der Waals surface area contributed by atoms with Crippen molar-refractivity contribution in [2.75, 3.05) is 34.2 Å². The largest absolute Gasteiger partial charge is 0.356 e. The van der Waals surface area contributed by atoms with E-state index in [1.807, 2.05) is 17.7 Å². The van der Waals surface area contributed by atoms with E-state index in [2.05, 4.69) is 70.9 Å². The molecule has 1 aromatic carbocycles. The van der Waals surface area contributed by atoms with E-state index < -0.39 is 0 Å². The summed E-state index contributed by atoms with van der Waals surface area (Å²) < 4.78 is 2.00. The van der Waals surface area contributed by atoms with Crippen molar-refractivity contribution in [1.29, 1.82) is 0 Å². The van der Waals surface area contributed by atoms with E-state index in [1.165, 1.54) is 5.56 Å². The van der Waals surface area contributed by atoms with E-state index in [1.54, 1.807) is 7.05 Å². The fraction of sp³-hybridized carbons (Fsp3) is 0.474. The number of aliphatic imine (C=N–C) groups is 1. The Morgan fingerprint density at radius 1 is 1.19 bits per heavy atom. The second-order valence-electron chi connectivity index (χ2n) is 6.48. The zero-order valence-electron chi connectivity index (χ0n) is 16.4. The van der Waals surface area contributed by atoms with Crippen LogP contribution in [-0.4, -0.2) is 54.9 Å². The summed E-state index contributed by atoms with van der Waals surface area (Å²) in [5.41, 5.74) is 4.45. The number of aromatic nitrogens is 2. The molecular weight excluding hydrogens is 439 g/mol. The summed E-state index contributed by atoms with van der Waals surface area (Å²) in [6, 6.07) is 10.4. The second kappa shape index (κ2) is 11.2. The number of hydrogen-bond donors (Lipinski definition) is 2. The summed E-state index contributed by atoms with van der Waals surface area (Å²) in [5, 5.41) is 11.4. The lowest BCUT2D eigenvalue weighted by atomic mass is 10.1. The Balaban J connectivity index is 0.00000338. The predicted molar refractivity (Wildman–Crippen MR) is 120 cm³/mol. The zero-order chi connectivity index (χ0) is 18.2. The van der Waals surface area contributed by atoms with Crippen LogP contribution in [0.5, 0.6) is 0 Å². The molecule has 26 heavy (non-hydrogen) atoms. The maximum Gasteiger partial charge on any atom is 0.191 e. The molecule has 0 aliphatic carbocycles. The molecule has 2 rings (SSSR count). The average molecular weight is 470 g/mol. The minimum Gasteiger partial charge on any atom is -0.356 e. The number of para-hydroxylation sites is 1. The van der Waals surface area contributed by atoms with Gasteiger partial charge in [-0.15, -0.1) is 24.0 Å². The highest BCUT2D eigenvalue weighted by molar-refractivity contribution is 14.0. The Morgan fingerprint density at radius 3 is 2.54 bits per heavy atom. The summed E-state index contributed by atoms with van der Waals surface area (Å²) in [5.74, 6) is 0.821. The van der Waals surface area contributed by atoms with Gasteiger partial charge < -0.3 is 15.5 Å². The highest BCUT2D eigenvalue weighted by Crippen LogP contribution is 2.16. The van der Waals surface area contributed by atoms with Gasteiger partial charge in [0, 0.05) is 25.8 Å². The van der Waals surface area contributed by atoms with Crippen LogP contribution in [0.2, 0.25) is 0 Å². The highest BCUT2D eigenvalue weighted by Gasteiger charge is 2.09. The average Bonchev–Trinajstić information content (AvgIpc) is 2.92. The van der Waals surface area contributed by atoms with Crippen LogP contribution in [0.15, 0.2) is 35.3 Å². The van der Waals surface area contributed by atoms with Gasteiger partial charge in [0.25, 0.3) is 0 Å². The molecule has 0 aliphatic heterocycles. The summed E-state index contributed by atoms with van der Waals surface area (Å²) in [6.07, 6.45) is 1.08. The van der Waals surface area contributed by atoms with Gasteiger partial charge in [-0.1, -0.05) is 18.2 Å². The number of aryl methyl sites for hydroxylation is 2. The molecule has 1 heterocycles. The van der Waals surface area contributed by atoms with Gasteiger partial charge in [0.2, 0.25) is 0 Å². The quantitative estimate of drug-likeness (QED) is 0.283. The lowest BCUT2D eigenvalue weighted by Gasteiger charge is -2.15. The Labute approximate surface area is 174 Å². The molecule has 2 aromatic rings. The van der Waals surface area contributed by atoms with Crippen molar-refractivity contribution < 1.29 is 0 Å².